The maximum Gasteiger partial charge on any atom is 0.257 e. The van der Waals surface area contributed by atoms with Gasteiger partial charge in [0.25, 0.3) is 5.91 Å². The lowest BCUT2D eigenvalue weighted by Crippen LogP contribution is -2.48. The van der Waals surface area contributed by atoms with Crippen LogP contribution in [0.15, 0.2) is 28.9 Å². The summed E-state index contributed by atoms with van der Waals surface area (Å²) in [4.78, 5) is 15.3. The number of nitrogens with zero attached hydrogens (tertiary/aromatic N) is 1. The van der Waals surface area contributed by atoms with Crippen LogP contribution in [-0.4, -0.2) is 30.6 Å². The molecule has 2 aromatic rings. The largest absolute Gasteiger partial charge is 0.486 e. The van der Waals surface area contributed by atoms with Crippen molar-refractivity contribution in [2.24, 2.45) is 5.73 Å². The molecule has 3 heterocycles. The molecule has 1 saturated carbocycles. The molecule has 1 atom stereocenters. The van der Waals surface area contributed by atoms with E-state index in [9.17, 15) is 4.79 Å². The Labute approximate surface area is 176 Å². The second kappa shape index (κ2) is 7.58. The first-order chi connectivity index (χ1) is 13.6. The highest BCUT2D eigenvalue weighted by atomic mass is 35.5. The number of halogens is 1. The fourth-order valence-corrected chi connectivity index (χ4v) is 5.12. The molecule has 7 heteroatoms. The van der Waals surface area contributed by atoms with Gasteiger partial charge in [0, 0.05) is 12.0 Å². The predicted octanol–water partition coefficient (Wildman–Crippen LogP) is 3.96. The molecule has 156 valence electrons. The van der Waals surface area contributed by atoms with Crippen molar-refractivity contribution in [2.45, 2.75) is 50.6 Å². The number of carbonyl (C=O) groups is 1. The van der Waals surface area contributed by atoms with Crippen molar-refractivity contribution in [1.29, 1.82) is 0 Å². The SMILES string of the molecule is CC1c2cc3c(cc2C2(CCCC2)CN1C(=O)c1coc(CN)c1)OCCO3.Cl. The molecule has 2 aliphatic heterocycles. The van der Waals surface area contributed by atoms with Gasteiger partial charge in [-0.2, -0.15) is 0 Å². The van der Waals surface area contributed by atoms with Gasteiger partial charge in [0.05, 0.1) is 18.2 Å². The zero-order valence-electron chi connectivity index (χ0n) is 16.6. The van der Waals surface area contributed by atoms with E-state index in [4.69, 9.17) is 19.6 Å². The van der Waals surface area contributed by atoms with Gasteiger partial charge in [0.15, 0.2) is 11.5 Å². The molecule has 0 bridgehead atoms. The highest BCUT2D eigenvalue weighted by Crippen LogP contribution is 2.52. The number of nitrogens with two attached hydrogens (primary N) is 1. The Morgan fingerprint density at radius 1 is 1.17 bits per heavy atom. The van der Waals surface area contributed by atoms with Crippen LogP contribution in [0.2, 0.25) is 0 Å². The minimum absolute atomic E-state index is 0. The monoisotopic (exact) mass is 418 g/mol. The molecule has 29 heavy (non-hydrogen) atoms. The lowest BCUT2D eigenvalue weighted by molar-refractivity contribution is 0.0592. The zero-order valence-corrected chi connectivity index (χ0v) is 17.4. The molecular formula is C22H27ClN2O4. The highest BCUT2D eigenvalue weighted by Gasteiger charge is 2.46. The molecule has 1 unspecified atom stereocenters. The summed E-state index contributed by atoms with van der Waals surface area (Å²) in [6, 6.07) is 5.99. The number of fused-ring (bicyclic) bond motifs is 3. The fraction of sp³-hybridized carbons (Fsp3) is 0.500. The number of carbonyl (C=O) groups excluding carboxylic acids is 1. The summed E-state index contributed by atoms with van der Waals surface area (Å²) in [5, 5.41) is 0. The third kappa shape index (κ3) is 3.19. The summed E-state index contributed by atoms with van der Waals surface area (Å²) >= 11 is 0. The number of hydrogen-bond donors (Lipinski definition) is 1. The molecule has 5 rings (SSSR count). The molecule has 0 radical (unpaired) electrons. The van der Waals surface area contributed by atoms with Crippen LogP contribution in [0.1, 0.15) is 65.9 Å². The molecule has 2 N–H and O–H groups in total. The predicted molar refractivity (Wildman–Crippen MR) is 111 cm³/mol. The number of amides is 1. The third-order valence-corrected chi connectivity index (χ3v) is 6.60. The van der Waals surface area contributed by atoms with Crippen molar-refractivity contribution >= 4 is 18.3 Å². The van der Waals surface area contributed by atoms with E-state index in [1.54, 1.807) is 6.07 Å². The summed E-state index contributed by atoms with van der Waals surface area (Å²) in [5.74, 6) is 2.25. The van der Waals surface area contributed by atoms with Crippen molar-refractivity contribution in [2.75, 3.05) is 19.8 Å². The lowest BCUT2D eigenvalue weighted by Gasteiger charge is -2.46. The summed E-state index contributed by atoms with van der Waals surface area (Å²) in [6.07, 6.45) is 6.09. The van der Waals surface area contributed by atoms with Crippen LogP contribution in [0.25, 0.3) is 0 Å². The molecule has 6 nitrogen and oxygen atoms in total. The molecule has 1 aliphatic carbocycles. The standard InChI is InChI=1S/C22H26N2O4.ClH/c1-14-17-9-19-20(27-7-6-26-19)10-18(17)22(4-2-3-5-22)13-24(14)21(25)15-8-16(11-23)28-12-15;/h8-10,12,14H,2-7,11,13,23H2,1H3;1H. The van der Waals surface area contributed by atoms with Crippen LogP contribution in [0.4, 0.5) is 0 Å². The maximum absolute atomic E-state index is 13.3. The average Bonchev–Trinajstić information content (AvgIpc) is 3.39. The first-order valence-corrected chi connectivity index (χ1v) is 10.1. The van der Waals surface area contributed by atoms with Gasteiger partial charge < -0.3 is 24.5 Å². The lowest BCUT2D eigenvalue weighted by atomic mass is 9.71. The molecule has 0 saturated heterocycles. The number of benzene rings is 1. The summed E-state index contributed by atoms with van der Waals surface area (Å²) in [6.45, 7) is 4.26. The molecule has 1 amide bonds. The number of ether oxygens (including phenoxy) is 2. The summed E-state index contributed by atoms with van der Waals surface area (Å²) in [5.41, 5.74) is 8.72. The molecule has 3 aliphatic rings. The van der Waals surface area contributed by atoms with Gasteiger partial charge in [-0.1, -0.05) is 12.8 Å². The first-order valence-electron chi connectivity index (χ1n) is 10.1. The number of furan rings is 1. The smallest absolute Gasteiger partial charge is 0.257 e. The van der Waals surface area contributed by atoms with Crippen LogP contribution in [-0.2, 0) is 12.0 Å². The Morgan fingerprint density at radius 3 is 2.52 bits per heavy atom. The minimum Gasteiger partial charge on any atom is -0.486 e. The average molecular weight is 419 g/mol. The Hall–Kier alpha value is -2.18. The summed E-state index contributed by atoms with van der Waals surface area (Å²) < 4.78 is 17.1. The van der Waals surface area contributed by atoms with Gasteiger partial charge in [-0.3, -0.25) is 4.79 Å². The van der Waals surface area contributed by atoms with Crippen molar-refractivity contribution in [3.63, 3.8) is 0 Å². The van der Waals surface area contributed by atoms with Crippen molar-refractivity contribution in [3.05, 3.63) is 46.9 Å². The molecular weight excluding hydrogens is 392 g/mol. The summed E-state index contributed by atoms with van der Waals surface area (Å²) in [7, 11) is 0. The van der Waals surface area contributed by atoms with Gasteiger partial charge in [-0.05, 0) is 49.1 Å². The Morgan fingerprint density at radius 2 is 1.86 bits per heavy atom. The van der Waals surface area contributed by atoms with Crippen LogP contribution >= 0.6 is 12.4 Å². The van der Waals surface area contributed by atoms with E-state index >= 15 is 0 Å². The van der Waals surface area contributed by atoms with Crippen LogP contribution in [0.3, 0.4) is 0 Å². The minimum atomic E-state index is -0.0409. The topological polar surface area (TPSA) is 77.9 Å². The van der Waals surface area contributed by atoms with E-state index in [0.29, 0.717) is 31.1 Å². The maximum atomic E-state index is 13.3. The van der Waals surface area contributed by atoms with Crippen molar-refractivity contribution < 1.29 is 18.7 Å². The van der Waals surface area contributed by atoms with E-state index in [0.717, 1.165) is 30.9 Å². The van der Waals surface area contributed by atoms with Crippen molar-refractivity contribution in [3.8, 4) is 11.5 Å². The van der Waals surface area contributed by atoms with Crippen LogP contribution in [0, 0.1) is 0 Å². The molecule has 1 fully saturated rings. The zero-order chi connectivity index (χ0) is 19.3. The number of hydrogen-bond acceptors (Lipinski definition) is 5. The van der Waals surface area contributed by atoms with Crippen molar-refractivity contribution in [1.82, 2.24) is 4.90 Å². The van der Waals surface area contributed by atoms with Crippen LogP contribution < -0.4 is 15.2 Å². The normalized spacial score (nSPS) is 21.6. The fourth-order valence-electron chi connectivity index (χ4n) is 5.12. The Bertz CT molecular complexity index is 920. The van der Waals surface area contributed by atoms with E-state index in [1.165, 1.54) is 30.2 Å². The van der Waals surface area contributed by atoms with E-state index in [1.807, 2.05) is 4.90 Å². The number of rotatable bonds is 2. The van der Waals surface area contributed by atoms with Gasteiger partial charge in [-0.25, -0.2) is 0 Å². The van der Waals surface area contributed by atoms with Gasteiger partial charge >= 0.3 is 0 Å². The third-order valence-electron chi connectivity index (χ3n) is 6.60. The van der Waals surface area contributed by atoms with E-state index < -0.39 is 0 Å². The second-order valence-corrected chi connectivity index (χ2v) is 8.19. The van der Waals surface area contributed by atoms with Crippen LogP contribution in [0.5, 0.6) is 11.5 Å². The highest BCUT2D eigenvalue weighted by molar-refractivity contribution is 5.94. The second-order valence-electron chi connectivity index (χ2n) is 8.19. The molecule has 1 aromatic carbocycles. The molecule has 1 aromatic heterocycles. The van der Waals surface area contributed by atoms with Gasteiger partial charge in [-0.15, -0.1) is 12.4 Å². The Kier molecular flexibility index (Phi) is 5.25. The van der Waals surface area contributed by atoms with E-state index in [2.05, 4.69) is 19.1 Å². The van der Waals surface area contributed by atoms with E-state index in [-0.39, 0.29) is 29.8 Å². The Balaban J connectivity index is 0.00000205. The molecule has 1 spiro atoms. The van der Waals surface area contributed by atoms with Gasteiger partial charge in [0.1, 0.15) is 25.2 Å². The first kappa shape index (κ1) is 20.1. The van der Waals surface area contributed by atoms with Gasteiger partial charge in [0.2, 0.25) is 0 Å². The quantitative estimate of drug-likeness (QED) is 0.798.